The van der Waals surface area contributed by atoms with Crippen molar-refractivity contribution in [1.82, 2.24) is 14.8 Å². The fourth-order valence-electron chi connectivity index (χ4n) is 3.20. The van der Waals surface area contributed by atoms with Gasteiger partial charge in [0.1, 0.15) is 5.82 Å². The molecule has 5 nitrogen and oxygen atoms in total. The van der Waals surface area contributed by atoms with E-state index in [-0.39, 0.29) is 0 Å². The molecule has 0 saturated carbocycles. The molecule has 2 aliphatic heterocycles. The SMILES string of the molecule is NC1CCN(CCN2CCN(c3ccccn3)CC2)CC1. The fraction of sp³-hybridized carbons (Fsp3) is 0.688. The summed E-state index contributed by atoms with van der Waals surface area (Å²) in [7, 11) is 0. The van der Waals surface area contributed by atoms with Crippen LogP contribution < -0.4 is 10.6 Å². The molecule has 1 aromatic heterocycles. The van der Waals surface area contributed by atoms with E-state index in [2.05, 4.69) is 31.8 Å². The maximum absolute atomic E-state index is 5.96. The van der Waals surface area contributed by atoms with Crippen molar-refractivity contribution in [2.24, 2.45) is 5.73 Å². The van der Waals surface area contributed by atoms with Crippen molar-refractivity contribution in [3.8, 4) is 0 Å². The van der Waals surface area contributed by atoms with Gasteiger partial charge in [-0.05, 0) is 38.1 Å². The zero-order chi connectivity index (χ0) is 14.5. The van der Waals surface area contributed by atoms with Crippen molar-refractivity contribution in [3.05, 3.63) is 24.4 Å². The number of anilines is 1. The number of likely N-dealkylation sites (tertiary alicyclic amines) is 1. The Balaban J connectivity index is 1.38. The lowest BCUT2D eigenvalue weighted by Crippen LogP contribution is -2.49. The number of hydrogen-bond acceptors (Lipinski definition) is 5. The van der Waals surface area contributed by atoms with Gasteiger partial charge in [0, 0.05) is 51.5 Å². The van der Waals surface area contributed by atoms with Gasteiger partial charge < -0.3 is 15.5 Å². The molecule has 116 valence electrons. The molecule has 2 aliphatic rings. The Hall–Kier alpha value is -1.17. The first-order chi connectivity index (χ1) is 10.3. The predicted octanol–water partition coefficient (Wildman–Crippen LogP) is 0.627. The van der Waals surface area contributed by atoms with E-state index >= 15 is 0 Å². The summed E-state index contributed by atoms with van der Waals surface area (Å²) < 4.78 is 0. The van der Waals surface area contributed by atoms with Gasteiger partial charge in [-0.25, -0.2) is 4.98 Å². The van der Waals surface area contributed by atoms with Crippen LogP contribution in [0.4, 0.5) is 5.82 Å². The molecule has 0 aromatic carbocycles. The third kappa shape index (κ3) is 4.15. The van der Waals surface area contributed by atoms with Crippen LogP contribution in [-0.2, 0) is 0 Å². The van der Waals surface area contributed by atoms with Crippen LogP contribution in [0.15, 0.2) is 24.4 Å². The van der Waals surface area contributed by atoms with Crippen molar-refractivity contribution < 1.29 is 0 Å². The molecule has 2 saturated heterocycles. The van der Waals surface area contributed by atoms with Gasteiger partial charge in [-0.1, -0.05) is 6.07 Å². The van der Waals surface area contributed by atoms with E-state index in [1.807, 2.05) is 12.3 Å². The molecular weight excluding hydrogens is 262 g/mol. The Morgan fingerprint density at radius 1 is 0.952 bits per heavy atom. The number of rotatable bonds is 4. The minimum atomic E-state index is 0.433. The zero-order valence-corrected chi connectivity index (χ0v) is 12.8. The second-order valence-electron chi connectivity index (χ2n) is 6.20. The lowest BCUT2D eigenvalue weighted by molar-refractivity contribution is 0.169. The Bertz CT molecular complexity index is 408. The van der Waals surface area contributed by atoms with Gasteiger partial charge in [0.2, 0.25) is 0 Å². The van der Waals surface area contributed by atoms with Crippen molar-refractivity contribution in [1.29, 1.82) is 0 Å². The molecule has 0 aliphatic carbocycles. The van der Waals surface area contributed by atoms with E-state index in [1.165, 1.54) is 26.2 Å². The first-order valence-electron chi connectivity index (χ1n) is 8.17. The zero-order valence-electron chi connectivity index (χ0n) is 12.8. The van der Waals surface area contributed by atoms with E-state index in [9.17, 15) is 0 Å². The van der Waals surface area contributed by atoms with Crippen LogP contribution in [0.25, 0.3) is 0 Å². The number of hydrogen-bond donors (Lipinski definition) is 1. The highest BCUT2D eigenvalue weighted by Crippen LogP contribution is 2.13. The number of nitrogens with two attached hydrogens (primary N) is 1. The molecule has 2 fully saturated rings. The number of piperidine rings is 1. The lowest BCUT2D eigenvalue weighted by Gasteiger charge is -2.37. The summed E-state index contributed by atoms with van der Waals surface area (Å²) in [6.45, 7) is 9.18. The second kappa shape index (κ2) is 7.20. The number of nitrogens with zero attached hydrogens (tertiary/aromatic N) is 4. The maximum Gasteiger partial charge on any atom is 0.128 e. The minimum absolute atomic E-state index is 0.433. The summed E-state index contributed by atoms with van der Waals surface area (Å²) in [6.07, 6.45) is 4.20. The van der Waals surface area contributed by atoms with Crippen molar-refractivity contribution in [2.45, 2.75) is 18.9 Å². The summed E-state index contributed by atoms with van der Waals surface area (Å²) in [5.74, 6) is 1.11. The molecule has 21 heavy (non-hydrogen) atoms. The van der Waals surface area contributed by atoms with Crippen LogP contribution >= 0.6 is 0 Å². The highest BCUT2D eigenvalue weighted by molar-refractivity contribution is 5.38. The van der Waals surface area contributed by atoms with Crippen molar-refractivity contribution in [3.63, 3.8) is 0 Å². The van der Waals surface area contributed by atoms with E-state index < -0.39 is 0 Å². The molecule has 3 heterocycles. The summed E-state index contributed by atoms with van der Waals surface area (Å²) >= 11 is 0. The Kier molecular flexibility index (Phi) is 5.06. The van der Waals surface area contributed by atoms with Crippen LogP contribution in [0.1, 0.15) is 12.8 Å². The van der Waals surface area contributed by atoms with Crippen LogP contribution in [-0.4, -0.2) is 73.2 Å². The molecule has 0 radical (unpaired) electrons. The van der Waals surface area contributed by atoms with Gasteiger partial charge in [-0.15, -0.1) is 0 Å². The van der Waals surface area contributed by atoms with E-state index in [0.29, 0.717) is 6.04 Å². The van der Waals surface area contributed by atoms with Gasteiger partial charge in [-0.2, -0.15) is 0 Å². The van der Waals surface area contributed by atoms with Crippen molar-refractivity contribution in [2.75, 3.05) is 57.3 Å². The molecule has 0 atom stereocenters. The van der Waals surface area contributed by atoms with Gasteiger partial charge in [0.15, 0.2) is 0 Å². The summed E-state index contributed by atoms with van der Waals surface area (Å²) in [6, 6.07) is 6.58. The van der Waals surface area contributed by atoms with Crippen LogP contribution in [0, 0.1) is 0 Å². The average molecular weight is 289 g/mol. The standard InChI is InChI=1S/C16H27N5/c17-15-4-7-19(8-5-15)9-10-20-11-13-21(14-12-20)16-3-1-2-6-18-16/h1-3,6,15H,4-5,7-14,17H2. The van der Waals surface area contributed by atoms with E-state index in [0.717, 1.165) is 44.8 Å². The van der Waals surface area contributed by atoms with E-state index in [1.54, 1.807) is 0 Å². The minimum Gasteiger partial charge on any atom is -0.354 e. The number of piperazine rings is 1. The smallest absolute Gasteiger partial charge is 0.128 e. The largest absolute Gasteiger partial charge is 0.354 e. The molecule has 0 amide bonds. The van der Waals surface area contributed by atoms with Crippen LogP contribution in [0.3, 0.4) is 0 Å². The van der Waals surface area contributed by atoms with Gasteiger partial charge in [0.05, 0.1) is 0 Å². The normalized spacial score (nSPS) is 22.6. The molecular formula is C16H27N5. The highest BCUT2D eigenvalue weighted by Gasteiger charge is 2.20. The third-order valence-electron chi connectivity index (χ3n) is 4.71. The van der Waals surface area contributed by atoms with Crippen LogP contribution in [0.2, 0.25) is 0 Å². The molecule has 0 spiro atoms. The molecule has 1 aromatic rings. The topological polar surface area (TPSA) is 48.6 Å². The number of aromatic nitrogens is 1. The summed E-state index contributed by atoms with van der Waals surface area (Å²) in [5.41, 5.74) is 5.96. The third-order valence-corrected chi connectivity index (χ3v) is 4.71. The quantitative estimate of drug-likeness (QED) is 0.881. The monoisotopic (exact) mass is 289 g/mol. The Morgan fingerprint density at radius 3 is 2.24 bits per heavy atom. The average Bonchev–Trinajstić information content (AvgIpc) is 2.56. The summed E-state index contributed by atoms with van der Waals surface area (Å²) in [5, 5.41) is 0. The van der Waals surface area contributed by atoms with Gasteiger partial charge in [-0.3, -0.25) is 4.90 Å². The Morgan fingerprint density at radius 2 is 1.62 bits per heavy atom. The molecule has 0 unspecified atom stereocenters. The lowest BCUT2D eigenvalue weighted by atomic mass is 10.1. The second-order valence-corrected chi connectivity index (χ2v) is 6.20. The molecule has 0 bridgehead atoms. The first-order valence-corrected chi connectivity index (χ1v) is 8.17. The highest BCUT2D eigenvalue weighted by atomic mass is 15.3. The fourth-order valence-corrected chi connectivity index (χ4v) is 3.20. The molecule has 2 N–H and O–H groups in total. The van der Waals surface area contributed by atoms with Gasteiger partial charge in [0.25, 0.3) is 0 Å². The van der Waals surface area contributed by atoms with Crippen LogP contribution in [0.5, 0.6) is 0 Å². The maximum atomic E-state index is 5.96. The first kappa shape index (κ1) is 14.8. The molecule has 3 rings (SSSR count). The predicted molar refractivity (Wildman–Crippen MR) is 86.5 cm³/mol. The Labute approximate surface area is 127 Å². The number of pyridine rings is 1. The van der Waals surface area contributed by atoms with E-state index in [4.69, 9.17) is 5.73 Å². The molecule has 5 heteroatoms. The summed E-state index contributed by atoms with van der Waals surface area (Å²) in [4.78, 5) is 12.0. The van der Waals surface area contributed by atoms with Gasteiger partial charge >= 0.3 is 0 Å². The van der Waals surface area contributed by atoms with Crippen molar-refractivity contribution >= 4 is 5.82 Å².